The Morgan fingerprint density at radius 1 is 1.43 bits per heavy atom. The second-order valence-corrected chi connectivity index (χ2v) is 5.07. The van der Waals surface area contributed by atoms with E-state index >= 15 is 0 Å². The molecule has 118 valence electrons. The first-order valence-electron chi connectivity index (χ1n) is 7.19. The van der Waals surface area contributed by atoms with Crippen LogP contribution in [0.3, 0.4) is 0 Å². The van der Waals surface area contributed by atoms with Crippen molar-refractivity contribution in [2.45, 2.75) is 46.3 Å². The zero-order valence-corrected chi connectivity index (χ0v) is 13.5. The van der Waals surface area contributed by atoms with Gasteiger partial charge in [0, 0.05) is 31.7 Å². The Bertz CT molecular complexity index is 457. The van der Waals surface area contributed by atoms with Gasteiger partial charge in [-0.2, -0.15) is 0 Å². The molecule has 1 unspecified atom stereocenters. The summed E-state index contributed by atoms with van der Waals surface area (Å²) in [6.45, 7) is 7.32. The molecule has 1 amide bonds. The smallest absolute Gasteiger partial charge is 0.221 e. The summed E-state index contributed by atoms with van der Waals surface area (Å²) in [6, 6.07) is 1.83. The summed E-state index contributed by atoms with van der Waals surface area (Å²) < 4.78 is 5.25. The van der Waals surface area contributed by atoms with Crippen LogP contribution >= 0.6 is 11.6 Å². The average molecular weight is 315 g/mol. The highest BCUT2D eigenvalue weighted by Gasteiger charge is 2.07. The molecule has 0 aliphatic heterocycles. The van der Waals surface area contributed by atoms with Crippen molar-refractivity contribution in [2.24, 2.45) is 0 Å². The van der Waals surface area contributed by atoms with E-state index in [2.05, 4.69) is 20.6 Å². The van der Waals surface area contributed by atoms with Crippen molar-refractivity contribution in [3.05, 3.63) is 17.0 Å². The van der Waals surface area contributed by atoms with E-state index in [-0.39, 0.29) is 11.9 Å². The topological polar surface area (TPSA) is 76.1 Å². The van der Waals surface area contributed by atoms with E-state index in [1.807, 2.05) is 20.8 Å². The van der Waals surface area contributed by atoms with Crippen molar-refractivity contribution in [1.29, 1.82) is 0 Å². The molecule has 1 aromatic rings. The fraction of sp³-hybridized carbons (Fsp3) is 0.643. The summed E-state index contributed by atoms with van der Waals surface area (Å²) in [7, 11) is 0. The number of carbonyl (C=O) groups is 1. The Morgan fingerprint density at radius 2 is 2.19 bits per heavy atom. The SMILES string of the molecule is CCOCc1nc(Cl)cc(NCCC(=O)NC(C)CC)n1. The van der Waals surface area contributed by atoms with E-state index in [0.29, 0.717) is 43.0 Å². The highest BCUT2D eigenvalue weighted by atomic mass is 35.5. The number of ether oxygens (including phenoxy) is 1. The zero-order valence-electron chi connectivity index (χ0n) is 12.8. The van der Waals surface area contributed by atoms with E-state index in [1.165, 1.54) is 0 Å². The molecule has 0 fully saturated rings. The lowest BCUT2D eigenvalue weighted by Crippen LogP contribution is -2.33. The van der Waals surface area contributed by atoms with E-state index in [4.69, 9.17) is 16.3 Å². The minimum absolute atomic E-state index is 0.0199. The fourth-order valence-electron chi connectivity index (χ4n) is 1.57. The van der Waals surface area contributed by atoms with Crippen LogP contribution in [-0.4, -0.2) is 35.1 Å². The molecule has 7 heteroatoms. The number of nitrogens with one attached hydrogen (secondary N) is 2. The normalized spacial score (nSPS) is 12.0. The van der Waals surface area contributed by atoms with Crippen LogP contribution < -0.4 is 10.6 Å². The number of anilines is 1. The van der Waals surface area contributed by atoms with Crippen LogP contribution in [0, 0.1) is 0 Å². The van der Waals surface area contributed by atoms with Crippen LogP contribution in [0.25, 0.3) is 0 Å². The minimum Gasteiger partial charge on any atom is -0.374 e. The Labute approximate surface area is 130 Å². The van der Waals surface area contributed by atoms with Crippen molar-refractivity contribution in [3.63, 3.8) is 0 Å². The second kappa shape index (κ2) is 9.52. The van der Waals surface area contributed by atoms with Gasteiger partial charge in [-0.25, -0.2) is 9.97 Å². The predicted molar refractivity (Wildman–Crippen MR) is 83.4 cm³/mol. The molecular formula is C14H23ClN4O2. The van der Waals surface area contributed by atoms with Crippen LogP contribution in [0.2, 0.25) is 5.15 Å². The third kappa shape index (κ3) is 7.24. The standard InChI is InChI=1S/C14H23ClN4O2/c1-4-10(3)17-14(20)6-7-16-12-8-11(15)18-13(19-12)9-21-5-2/h8,10H,4-7,9H2,1-3H3,(H,17,20)(H,16,18,19). The summed E-state index contributed by atoms with van der Waals surface area (Å²) in [6.07, 6.45) is 1.30. The van der Waals surface area contributed by atoms with E-state index < -0.39 is 0 Å². The van der Waals surface area contributed by atoms with Crippen molar-refractivity contribution in [3.8, 4) is 0 Å². The van der Waals surface area contributed by atoms with Crippen LogP contribution in [0.1, 0.15) is 39.4 Å². The van der Waals surface area contributed by atoms with Gasteiger partial charge in [-0.3, -0.25) is 4.79 Å². The first kappa shape index (κ1) is 17.7. The molecule has 1 rings (SSSR count). The molecule has 0 aliphatic carbocycles. The van der Waals surface area contributed by atoms with Crippen LogP contribution in [-0.2, 0) is 16.1 Å². The Hall–Kier alpha value is -1.40. The first-order chi connectivity index (χ1) is 10.0. The molecule has 0 spiro atoms. The lowest BCUT2D eigenvalue weighted by atomic mass is 10.2. The molecule has 1 heterocycles. The Kier molecular flexibility index (Phi) is 8.00. The monoisotopic (exact) mass is 314 g/mol. The molecule has 0 aliphatic rings. The number of nitrogens with zero attached hydrogens (tertiary/aromatic N) is 2. The van der Waals surface area contributed by atoms with E-state index in [0.717, 1.165) is 6.42 Å². The maximum absolute atomic E-state index is 11.6. The molecule has 21 heavy (non-hydrogen) atoms. The van der Waals surface area contributed by atoms with Crippen molar-refractivity contribution in [1.82, 2.24) is 15.3 Å². The minimum atomic E-state index is 0.0199. The number of carbonyl (C=O) groups excluding carboxylic acids is 1. The summed E-state index contributed by atoms with van der Waals surface area (Å²) in [4.78, 5) is 20.0. The molecule has 2 N–H and O–H groups in total. The molecule has 0 aromatic carbocycles. The van der Waals surface area contributed by atoms with Gasteiger partial charge in [-0.1, -0.05) is 18.5 Å². The van der Waals surface area contributed by atoms with Crippen LogP contribution in [0.4, 0.5) is 5.82 Å². The highest BCUT2D eigenvalue weighted by molar-refractivity contribution is 6.29. The maximum Gasteiger partial charge on any atom is 0.221 e. The summed E-state index contributed by atoms with van der Waals surface area (Å²) in [5.41, 5.74) is 0. The van der Waals surface area contributed by atoms with Gasteiger partial charge in [0.2, 0.25) is 5.91 Å². The summed E-state index contributed by atoms with van der Waals surface area (Å²) in [5.74, 6) is 1.14. The molecule has 6 nitrogen and oxygen atoms in total. The van der Waals surface area contributed by atoms with Gasteiger partial charge in [0.1, 0.15) is 17.6 Å². The number of rotatable bonds is 9. The van der Waals surface area contributed by atoms with Crippen molar-refractivity contribution in [2.75, 3.05) is 18.5 Å². The molecule has 0 radical (unpaired) electrons. The molecule has 1 atom stereocenters. The Morgan fingerprint density at radius 3 is 2.86 bits per heavy atom. The number of hydrogen-bond donors (Lipinski definition) is 2. The quantitative estimate of drug-likeness (QED) is 0.684. The molecular weight excluding hydrogens is 292 g/mol. The summed E-state index contributed by atoms with van der Waals surface area (Å²) >= 11 is 5.93. The number of hydrogen-bond acceptors (Lipinski definition) is 5. The summed E-state index contributed by atoms with van der Waals surface area (Å²) in [5, 5.41) is 6.33. The van der Waals surface area contributed by atoms with Crippen LogP contribution in [0.5, 0.6) is 0 Å². The van der Waals surface area contributed by atoms with Gasteiger partial charge in [-0.15, -0.1) is 0 Å². The van der Waals surface area contributed by atoms with Gasteiger partial charge in [-0.05, 0) is 20.3 Å². The van der Waals surface area contributed by atoms with Crippen LogP contribution in [0.15, 0.2) is 6.07 Å². The van der Waals surface area contributed by atoms with Crippen molar-refractivity contribution < 1.29 is 9.53 Å². The first-order valence-corrected chi connectivity index (χ1v) is 7.57. The number of halogens is 1. The lowest BCUT2D eigenvalue weighted by Gasteiger charge is -2.12. The van der Waals surface area contributed by atoms with Gasteiger partial charge < -0.3 is 15.4 Å². The lowest BCUT2D eigenvalue weighted by molar-refractivity contribution is -0.121. The maximum atomic E-state index is 11.6. The number of amides is 1. The zero-order chi connectivity index (χ0) is 15.7. The van der Waals surface area contributed by atoms with Crippen molar-refractivity contribution >= 4 is 23.3 Å². The fourth-order valence-corrected chi connectivity index (χ4v) is 1.77. The van der Waals surface area contributed by atoms with Gasteiger partial charge in [0.15, 0.2) is 5.82 Å². The third-order valence-electron chi connectivity index (χ3n) is 2.85. The van der Waals surface area contributed by atoms with E-state index in [9.17, 15) is 4.79 Å². The number of aromatic nitrogens is 2. The van der Waals surface area contributed by atoms with Gasteiger partial charge in [0.05, 0.1) is 0 Å². The van der Waals surface area contributed by atoms with E-state index in [1.54, 1.807) is 6.07 Å². The molecule has 0 saturated heterocycles. The largest absolute Gasteiger partial charge is 0.374 e. The highest BCUT2D eigenvalue weighted by Crippen LogP contribution is 2.12. The average Bonchev–Trinajstić information content (AvgIpc) is 2.44. The Balaban J connectivity index is 2.44. The van der Waals surface area contributed by atoms with Gasteiger partial charge in [0.25, 0.3) is 0 Å². The van der Waals surface area contributed by atoms with Gasteiger partial charge >= 0.3 is 0 Å². The third-order valence-corrected chi connectivity index (χ3v) is 3.05. The molecule has 0 bridgehead atoms. The molecule has 0 saturated carbocycles. The predicted octanol–water partition coefficient (Wildman–Crippen LogP) is 2.38. The molecule has 1 aromatic heterocycles. The second-order valence-electron chi connectivity index (χ2n) is 4.68.